The molecule has 4 atom stereocenters. The molecular formula is C10H22Si. The van der Waals surface area contributed by atoms with Crippen molar-refractivity contribution in [1.29, 1.82) is 0 Å². The summed E-state index contributed by atoms with van der Waals surface area (Å²) in [5.41, 5.74) is 1.12. The number of hydrogen-bond acceptors (Lipinski definition) is 0. The van der Waals surface area contributed by atoms with Crippen LogP contribution in [-0.2, 0) is 0 Å². The second-order valence-electron chi connectivity index (χ2n) is 4.51. The molecule has 0 aromatic carbocycles. The first-order chi connectivity index (χ1) is 5.09. The topological polar surface area (TPSA) is 0 Å². The molecule has 66 valence electrons. The Hall–Kier alpha value is 0.217. The predicted molar refractivity (Wildman–Crippen MR) is 54.8 cm³/mol. The van der Waals surface area contributed by atoms with E-state index in [1.807, 2.05) is 0 Å². The van der Waals surface area contributed by atoms with Crippen LogP contribution in [0.15, 0.2) is 0 Å². The lowest BCUT2D eigenvalue weighted by Gasteiger charge is -2.18. The van der Waals surface area contributed by atoms with Crippen LogP contribution in [-0.4, -0.2) is 9.52 Å². The normalized spacial score (nSPS) is 52.6. The molecule has 0 spiro atoms. The van der Waals surface area contributed by atoms with Crippen LogP contribution in [0.4, 0.5) is 0 Å². The monoisotopic (exact) mass is 170 g/mol. The van der Waals surface area contributed by atoms with Crippen LogP contribution in [0.3, 0.4) is 0 Å². The van der Waals surface area contributed by atoms with E-state index in [2.05, 4.69) is 34.2 Å². The van der Waals surface area contributed by atoms with E-state index in [1.54, 1.807) is 0 Å². The number of hydrogen-bond donors (Lipinski definition) is 0. The summed E-state index contributed by atoms with van der Waals surface area (Å²) in [5, 5.41) is 0. The summed E-state index contributed by atoms with van der Waals surface area (Å²) in [6, 6.07) is 0. The van der Waals surface area contributed by atoms with Gasteiger partial charge in [0.1, 0.15) is 0 Å². The molecule has 0 aromatic heterocycles. The SMILES string of the molecule is C[SiH2]C1C(C)C(C)C(C)C1C. The van der Waals surface area contributed by atoms with Crippen molar-refractivity contribution in [3.05, 3.63) is 0 Å². The molecule has 0 aliphatic heterocycles. The largest absolute Gasteiger partial charge is 0.0746 e. The van der Waals surface area contributed by atoms with Gasteiger partial charge in [-0.15, -0.1) is 0 Å². The molecule has 1 heteroatoms. The smallest absolute Gasteiger partial charge is 0.0208 e. The lowest BCUT2D eigenvalue weighted by molar-refractivity contribution is 0.352. The van der Waals surface area contributed by atoms with Crippen LogP contribution < -0.4 is 0 Å². The minimum atomic E-state index is 0.232. The summed E-state index contributed by atoms with van der Waals surface area (Å²) < 4.78 is 0. The molecule has 0 N–H and O–H groups in total. The summed E-state index contributed by atoms with van der Waals surface area (Å²) in [4.78, 5) is 0. The van der Waals surface area contributed by atoms with Gasteiger partial charge in [-0.1, -0.05) is 34.2 Å². The lowest BCUT2D eigenvalue weighted by Crippen LogP contribution is -2.11. The van der Waals surface area contributed by atoms with Gasteiger partial charge in [-0.05, 0) is 29.2 Å². The highest BCUT2D eigenvalue weighted by molar-refractivity contribution is 6.36. The highest BCUT2D eigenvalue weighted by Gasteiger charge is 2.39. The molecule has 1 saturated carbocycles. The molecule has 0 bridgehead atoms. The Morgan fingerprint density at radius 1 is 0.727 bits per heavy atom. The summed E-state index contributed by atoms with van der Waals surface area (Å²) >= 11 is 0. The van der Waals surface area contributed by atoms with Crippen molar-refractivity contribution >= 4 is 9.52 Å². The zero-order chi connectivity index (χ0) is 8.59. The molecule has 1 fully saturated rings. The van der Waals surface area contributed by atoms with Crippen molar-refractivity contribution in [1.82, 2.24) is 0 Å². The average Bonchev–Trinajstić information content (AvgIpc) is 2.17. The maximum Gasteiger partial charge on any atom is 0.0208 e. The zero-order valence-electron chi connectivity index (χ0n) is 8.59. The molecule has 1 rings (SSSR count). The molecule has 0 heterocycles. The predicted octanol–water partition coefficient (Wildman–Crippen LogP) is 2.55. The molecule has 11 heavy (non-hydrogen) atoms. The van der Waals surface area contributed by atoms with E-state index in [-0.39, 0.29) is 9.52 Å². The van der Waals surface area contributed by atoms with Crippen molar-refractivity contribution in [2.75, 3.05) is 0 Å². The summed E-state index contributed by atoms with van der Waals surface area (Å²) in [7, 11) is 0.232. The van der Waals surface area contributed by atoms with Crippen LogP contribution in [0.25, 0.3) is 0 Å². The molecule has 1 aliphatic rings. The van der Waals surface area contributed by atoms with E-state index >= 15 is 0 Å². The molecular weight excluding hydrogens is 148 g/mol. The van der Waals surface area contributed by atoms with E-state index in [9.17, 15) is 0 Å². The van der Waals surface area contributed by atoms with Gasteiger partial charge in [0.05, 0.1) is 0 Å². The van der Waals surface area contributed by atoms with Crippen LogP contribution in [0.2, 0.25) is 12.1 Å². The van der Waals surface area contributed by atoms with Gasteiger partial charge in [-0.25, -0.2) is 0 Å². The Labute approximate surface area is 73.6 Å². The van der Waals surface area contributed by atoms with Crippen molar-refractivity contribution in [3.63, 3.8) is 0 Å². The Morgan fingerprint density at radius 3 is 1.27 bits per heavy atom. The average molecular weight is 170 g/mol. The molecule has 0 amide bonds. The van der Waals surface area contributed by atoms with Crippen molar-refractivity contribution in [2.45, 2.75) is 39.8 Å². The molecule has 0 saturated heterocycles. The summed E-state index contributed by atoms with van der Waals surface area (Å²) in [6.45, 7) is 12.3. The Balaban J connectivity index is 2.69. The minimum absolute atomic E-state index is 0.232. The maximum absolute atomic E-state index is 2.47. The van der Waals surface area contributed by atoms with Gasteiger partial charge in [0.2, 0.25) is 0 Å². The van der Waals surface area contributed by atoms with Crippen molar-refractivity contribution in [3.8, 4) is 0 Å². The van der Waals surface area contributed by atoms with Crippen molar-refractivity contribution in [2.24, 2.45) is 23.7 Å². The lowest BCUT2D eigenvalue weighted by atomic mass is 9.92. The second-order valence-corrected chi connectivity index (χ2v) is 6.27. The fourth-order valence-corrected chi connectivity index (χ4v) is 5.31. The Bertz CT molecular complexity index is 119. The standard InChI is InChI=1S/C10H22Si/c1-6-7(2)9(4)10(11-5)8(6)3/h6-10H,11H2,1-5H3. The zero-order valence-corrected chi connectivity index (χ0v) is 10.0. The number of rotatable bonds is 1. The third-order valence-corrected chi connectivity index (χ3v) is 6.74. The van der Waals surface area contributed by atoms with Gasteiger partial charge in [0.25, 0.3) is 0 Å². The summed E-state index contributed by atoms with van der Waals surface area (Å²) in [6.07, 6.45) is 0. The third kappa shape index (κ3) is 1.40. The molecule has 1 aliphatic carbocycles. The fourth-order valence-electron chi connectivity index (χ4n) is 2.96. The quantitative estimate of drug-likeness (QED) is 0.531. The first-order valence-electron chi connectivity index (χ1n) is 5.09. The second kappa shape index (κ2) is 3.30. The van der Waals surface area contributed by atoms with E-state index < -0.39 is 0 Å². The van der Waals surface area contributed by atoms with Gasteiger partial charge in [0.15, 0.2) is 0 Å². The Kier molecular flexibility index (Phi) is 2.79. The molecule has 0 aromatic rings. The minimum Gasteiger partial charge on any atom is -0.0746 e. The third-order valence-electron chi connectivity index (χ3n) is 4.31. The molecule has 0 radical (unpaired) electrons. The van der Waals surface area contributed by atoms with E-state index in [4.69, 9.17) is 0 Å². The first-order valence-corrected chi connectivity index (χ1v) is 7.32. The summed E-state index contributed by atoms with van der Waals surface area (Å²) in [5.74, 6) is 3.97. The molecule has 0 nitrogen and oxygen atoms in total. The van der Waals surface area contributed by atoms with E-state index in [0.29, 0.717) is 0 Å². The Morgan fingerprint density at radius 2 is 1.09 bits per heavy atom. The van der Waals surface area contributed by atoms with Gasteiger partial charge in [-0.2, -0.15) is 0 Å². The van der Waals surface area contributed by atoms with Crippen molar-refractivity contribution < 1.29 is 0 Å². The van der Waals surface area contributed by atoms with Gasteiger partial charge in [-0.3, -0.25) is 0 Å². The fraction of sp³-hybridized carbons (Fsp3) is 1.00. The maximum atomic E-state index is 2.47. The van der Waals surface area contributed by atoms with Crippen LogP contribution in [0.5, 0.6) is 0 Å². The van der Waals surface area contributed by atoms with E-state index in [0.717, 1.165) is 29.2 Å². The first kappa shape index (κ1) is 9.31. The van der Waals surface area contributed by atoms with Crippen LogP contribution >= 0.6 is 0 Å². The highest BCUT2D eigenvalue weighted by Crippen LogP contribution is 2.48. The van der Waals surface area contributed by atoms with Gasteiger partial charge in [0, 0.05) is 9.52 Å². The van der Waals surface area contributed by atoms with Crippen LogP contribution in [0, 0.1) is 23.7 Å². The van der Waals surface area contributed by atoms with E-state index in [1.165, 1.54) is 0 Å². The van der Waals surface area contributed by atoms with Gasteiger partial charge < -0.3 is 0 Å². The van der Waals surface area contributed by atoms with Crippen LogP contribution in [0.1, 0.15) is 27.7 Å². The molecule has 4 unspecified atom stereocenters. The highest BCUT2D eigenvalue weighted by atomic mass is 28.2. The van der Waals surface area contributed by atoms with Gasteiger partial charge >= 0.3 is 0 Å².